The summed E-state index contributed by atoms with van der Waals surface area (Å²) >= 11 is 0. The smallest absolute Gasteiger partial charge is 0.298 e. The van der Waals surface area contributed by atoms with Crippen molar-refractivity contribution < 1.29 is 8.63 Å². The molecule has 0 aliphatic rings. The summed E-state index contributed by atoms with van der Waals surface area (Å²) in [4.78, 5) is 0. The summed E-state index contributed by atoms with van der Waals surface area (Å²) in [6, 6.07) is 0. The Morgan fingerprint density at radius 2 is 1.92 bits per heavy atom. The maximum absolute atomic E-state index is 11.4. The highest BCUT2D eigenvalue weighted by Gasteiger charge is 2.22. The van der Waals surface area contributed by atoms with Gasteiger partial charge in [-0.05, 0) is 5.87 Å². The average molecular weight is 202 g/mol. The molecule has 1 heterocycles. The molecule has 0 amide bonds. The van der Waals surface area contributed by atoms with Gasteiger partial charge in [0.15, 0.2) is 0 Å². The lowest BCUT2D eigenvalue weighted by atomic mass is 9.97. The van der Waals surface area contributed by atoms with Gasteiger partial charge in [-0.25, -0.2) is 0 Å². The van der Waals surface area contributed by atoms with E-state index in [9.17, 15) is 4.21 Å². The Balaban J connectivity index is 3.16. The zero-order chi connectivity index (χ0) is 10.3. The quantitative estimate of drug-likeness (QED) is 0.639. The summed E-state index contributed by atoms with van der Waals surface area (Å²) in [5, 5.41) is 7.64. The van der Waals surface area contributed by atoms with Crippen LogP contribution in [0.4, 0.5) is 0 Å². The van der Waals surface area contributed by atoms with E-state index in [1.54, 1.807) is 0 Å². The molecule has 0 spiro atoms. The maximum Gasteiger partial charge on any atom is 0.298 e. The van der Waals surface area contributed by atoms with Crippen LogP contribution in [0.15, 0.2) is 9.64 Å². The molecule has 0 bridgehead atoms. The number of aromatic nitrogens is 2. The highest BCUT2D eigenvalue weighted by atomic mass is 32.2. The van der Waals surface area contributed by atoms with Crippen LogP contribution in [-0.4, -0.2) is 26.5 Å². The molecule has 74 valence electrons. The summed E-state index contributed by atoms with van der Waals surface area (Å²) < 4.78 is 16.7. The standard InChI is InChI=1S/C8H14N2O2S/c1-8(2,3)6-9-10-7(12-6)13(4,5)11/h4H2,1-3,5H3. The molecule has 1 atom stereocenters. The van der Waals surface area contributed by atoms with Crippen molar-refractivity contribution >= 4 is 15.4 Å². The molecule has 13 heavy (non-hydrogen) atoms. The Kier molecular flexibility index (Phi) is 2.23. The molecule has 0 aromatic carbocycles. The topological polar surface area (TPSA) is 56.0 Å². The van der Waals surface area contributed by atoms with Gasteiger partial charge in [0.05, 0.1) is 0 Å². The lowest BCUT2D eigenvalue weighted by Crippen LogP contribution is -2.11. The van der Waals surface area contributed by atoms with Gasteiger partial charge < -0.3 is 4.42 Å². The fourth-order valence-corrected chi connectivity index (χ4v) is 1.16. The molecule has 0 saturated heterocycles. The predicted molar refractivity (Wildman–Crippen MR) is 52.5 cm³/mol. The minimum atomic E-state index is -2.38. The van der Waals surface area contributed by atoms with Crippen molar-refractivity contribution in [2.75, 3.05) is 6.26 Å². The number of hydrogen-bond donors (Lipinski definition) is 0. The zero-order valence-electron chi connectivity index (χ0n) is 8.33. The Morgan fingerprint density at radius 3 is 2.15 bits per heavy atom. The van der Waals surface area contributed by atoms with Gasteiger partial charge in [0.2, 0.25) is 5.89 Å². The third-order valence-electron chi connectivity index (χ3n) is 1.42. The van der Waals surface area contributed by atoms with Crippen molar-refractivity contribution in [1.29, 1.82) is 0 Å². The van der Waals surface area contributed by atoms with Gasteiger partial charge in [0, 0.05) is 21.2 Å². The molecule has 1 unspecified atom stereocenters. The van der Waals surface area contributed by atoms with Crippen LogP contribution in [-0.2, 0) is 14.9 Å². The lowest BCUT2D eigenvalue weighted by Gasteiger charge is -2.10. The van der Waals surface area contributed by atoms with Crippen LogP contribution in [0, 0.1) is 0 Å². The van der Waals surface area contributed by atoms with Crippen LogP contribution >= 0.6 is 0 Å². The molecule has 0 aliphatic carbocycles. The summed E-state index contributed by atoms with van der Waals surface area (Å²) in [6.07, 6.45) is 1.48. The first-order chi connectivity index (χ1) is 5.71. The molecule has 0 saturated carbocycles. The highest BCUT2D eigenvalue weighted by molar-refractivity contribution is 7.99. The Hall–Kier alpha value is -0.840. The number of nitrogens with zero attached hydrogens (tertiary/aromatic N) is 2. The second-order valence-corrected chi connectivity index (χ2v) is 6.49. The van der Waals surface area contributed by atoms with Gasteiger partial charge in [-0.2, -0.15) is 0 Å². The van der Waals surface area contributed by atoms with Crippen LogP contribution in [0.25, 0.3) is 0 Å². The van der Waals surface area contributed by atoms with E-state index in [1.165, 1.54) is 6.26 Å². The lowest BCUT2D eigenvalue weighted by molar-refractivity contribution is 0.344. The fraction of sp³-hybridized carbons (Fsp3) is 0.625. The van der Waals surface area contributed by atoms with Gasteiger partial charge in [-0.15, -0.1) is 5.10 Å². The monoisotopic (exact) mass is 202 g/mol. The Bertz CT molecular complexity index is 398. The van der Waals surface area contributed by atoms with Crippen molar-refractivity contribution in [3.63, 3.8) is 0 Å². The first-order valence-corrected chi connectivity index (χ1v) is 6.01. The minimum absolute atomic E-state index is 0.123. The molecule has 0 aliphatic heterocycles. The van der Waals surface area contributed by atoms with Gasteiger partial charge >= 0.3 is 0 Å². The Morgan fingerprint density at radius 1 is 1.38 bits per heavy atom. The van der Waals surface area contributed by atoms with E-state index in [0.717, 1.165) is 0 Å². The van der Waals surface area contributed by atoms with Crippen molar-refractivity contribution in [1.82, 2.24) is 10.2 Å². The maximum atomic E-state index is 11.4. The molecule has 0 fully saturated rings. The largest absolute Gasteiger partial charge is 0.414 e. The summed E-state index contributed by atoms with van der Waals surface area (Å²) in [6.45, 7) is 5.85. The average Bonchev–Trinajstić information content (AvgIpc) is 2.28. The molecule has 4 nitrogen and oxygen atoms in total. The van der Waals surface area contributed by atoms with Gasteiger partial charge in [-0.1, -0.05) is 25.9 Å². The van der Waals surface area contributed by atoms with Gasteiger partial charge in [-0.3, -0.25) is 4.21 Å². The zero-order valence-corrected chi connectivity index (χ0v) is 9.14. The summed E-state index contributed by atoms with van der Waals surface area (Å²) in [5.74, 6) is 3.95. The summed E-state index contributed by atoms with van der Waals surface area (Å²) in [5.41, 5.74) is -0.212. The molecule has 0 radical (unpaired) electrons. The second-order valence-electron chi connectivity index (χ2n) is 4.13. The van der Waals surface area contributed by atoms with E-state index in [4.69, 9.17) is 4.42 Å². The third-order valence-corrected chi connectivity index (χ3v) is 2.32. The van der Waals surface area contributed by atoms with E-state index in [2.05, 4.69) is 16.1 Å². The molecular weight excluding hydrogens is 188 g/mol. The first-order valence-electron chi connectivity index (χ1n) is 3.87. The van der Waals surface area contributed by atoms with Crippen LogP contribution in [0.1, 0.15) is 26.7 Å². The molecule has 1 aromatic heterocycles. The molecular formula is C8H14N2O2S. The predicted octanol–water partition coefficient (Wildman–Crippen LogP) is 1.07. The van der Waals surface area contributed by atoms with Crippen molar-refractivity contribution in [3.05, 3.63) is 5.89 Å². The molecule has 1 aromatic rings. The molecule has 5 heteroatoms. The van der Waals surface area contributed by atoms with Crippen LogP contribution < -0.4 is 0 Å². The Labute approximate surface area is 78.4 Å². The van der Waals surface area contributed by atoms with E-state index < -0.39 is 9.52 Å². The summed E-state index contributed by atoms with van der Waals surface area (Å²) in [7, 11) is -2.38. The number of hydrogen-bond acceptors (Lipinski definition) is 4. The van der Waals surface area contributed by atoms with E-state index in [-0.39, 0.29) is 10.6 Å². The fourth-order valence-electron chi connectivity index (χ4n) is 0.687. The highest BCUT2D eigenvalue weighted by Crippen LogP contribution is 2.21. The van der Waals surface area contributed by atoms with E-state index >= 15 is 0 Å². The van der Waals surface area contributed by atoms with Crippen LogP contribution in [0.5, 0.6) is 0 Å². The third kappa shape index (κ3) is 2.30. The minimum Gasteiger partial charge on any atom is -0.414 e. The molecule has 1 rings (SSSR count). The number of rotatable bonds is 1. The van der Waals surface area contributed by atoms with Crippen molar-refractivity contribution in [2.45, 2.75) is 31.4 Å². The first kappa shape index (κ1) is 10.2. The SMILES string of the molecule is C=S(C)(=O)c1nnc(C(C)(C)C)o1. The van der Waals surface area contributed by atoms with Crippen LogP contribution in [0.2, 0.25) is 0 Å². The van der Waals surface area contributed by atoms with Crippen molar-refractivity contribution in [3.8, 4) is 0 Å². The second kappa shape index (κ2) is 2.83. The van der Waals surface area contributed by atoms with E-state index in [0.29, 0.717) is 5.89 Å². The molecule has 0 N–H and O–H groups in total. The van der Waals surface area contributed by atoms with E-state index in [1.807, 2.05) is 20.8 Å². The normalized spacial score (nSPS) is 16.9. The van der Waals surface area contributed by atoms with Crippen molar-refractivity contribution in [2.24, 2.45) is 0 Å². The van der Waals surface area contributed by atoms with Gasteiger partial charge in [0.25, 0.3) is 5.22 Å². The van der Waals surface area contributed by atoms with Crippen LogP contribution in [0.3, 0.4) is 0 Å². The van der Waals surface area contributed by atoms with Gasteiger partial charge in [0.1, 0.15) is 0 Å².